The lowest BCUT2D eigenvalue weighted by molar-refractivity contribution is 0.0521. The van der Waals surface area contributed by atoms with E-state index in [1.54, 1.807) is 25.3 Å². The third kappa shape index (κ3) is 3.72. The van der Waals surface area contributed by atoms with Gasteiger partial charge in [-0.1, -0.05) is 0 Å². The number of esters is 1. The zero-order valence-electron chi connectivity index (χ0n) is 8.40. The van der Waals surface area contributed by atoms with Gasteiger partial charge in [-0.2, -0.15) is 0 Å². The van der Waals surface area contributed by atoms with Crippen molar-refractivity contribution >= 4 is 29.3 Å². The number of carbonyl (C=O) groups excluding carboxylic acids is 1. The number of hydrogen-bond acceptors (Lipinski definition) is 4. The molecular formula is C10H12ClNO2S. The molecule has 82 valence electrons. The Labute approximate surface area is 98.2 Å². The highest BCUT2D eigenvalue weighted by Gasteiger charge is 2.12. The fourth-order valence-corrected chi connectivity index (χ4v) is 1.95. The summed E-state index contributed by atoms with van der Waals surface area (Å²) < 4.78 is 4.92. The molecule has 1 rings (SSSR count). The van der Waals surface area contributed by atoms with Crippen molar-refractivity contribution < 1.29 is 9.53 Å². The van der Waals surface area contributed by atoms with Gasteiger partial charge in [-0.15, -0.1) is 23.4 Å². The molecule has 0 spiro atoms. The summed E-state index contributed by atoms with van der Waals surface area (Å²) in [5.74, 6) is 0.928. The number of thioether (sulfide) groups is 1. The number of alkyl halides is 1. The van der Waals surface area contributed by atoms with Gasteiger partial charge in [-0.05, 0) is 19.1 Å². The van der Waals surface area contributed by atoms with E-state index in [1.807, 2.05) is 0 Å². The van der Waals surface area contributed by atoms with Gasteiger partial charge in [0, 0.05) is 17.8 Å². The van der Waals surface area contributed by atoms with E-state index in [1.165, 1.54) is 11.8 Å². The molecule has 0 bridgehead atoms. The van der Waals surface area contributed by atoms with Crippen LogP contribution in [0, 0.1) is 0 Å². The molecule has 1 aromatic rings. The lowest BCUT2D eigenvalue weighted by Crippen LogP contribution is -2.07. The van der Waals surface area contributed by atoms with E-state index in [0.29, 0.717) is 23.1 Å². The van der Waals surface area contributed by atoms with Crippen LogP contribution in [-0.2, 0) is 4.74 Å². The highest BCUT2D eigenvalue weighted by atomic mass is 35.5. The van der Waals surface area contributed by atoms with Crippen molar-refractivity contribution in [3.05, 3.63) is 23.9 Å². The van der Waals surface area contributed by atoms with Crippen LogP contribution in [0.3, 0.4) is 0 Å². The lowest BCUT2D eigenvalue weighted by Gasteiger charge is -2.05. The van der Waals surface area contributed by atoms with Crippen LogP contribution in [0.4, 0.5) is 0 Å². The van der Waals surface area contributed by atoms with Crippen LogP contribution in [0.2, 0.25) is 0 Å². The van der Waals surface area contributed by atoms with E-state index in [4.69, 9.17) is 16.3 Å². The summed E-state index contributed by atoms with van der Waals surface area (Å²) in [7, 11) is 0. The molecule has 0 saturated carbocycles. The van der Waals surface area contributed by atoms with Gasteiger partial charge < -0.3 is 4.74 Å². The van der Waals surface area contributed by atoms with Gasteiger partial charge in [0.15, 0.2) is 0 Å². The number of aromatic nitrogens is 1. The molecule has 0 aromatic carbocycles. The number of pyridine rings is 1. The molecule has 1 aromatic heterocycles. The summed E-state index contributed by atoms with van der Waals surface area (Å²) in [4.78, 5) is 15.6. The molecule has 1 heterocycles. The van der Waals surface area contributed by atoms with Gasteiger partial charge in [-0.25, -0.2) is 9.78 Å². The van der Waals surface area contributed by atoms with E-state index in [0.717, 1.165) is 5.75 Å². The van der Waals surface area contributed by atoms with Crippen molar-refractivity contribution in [1.29, 1.82) is 0 Å². The summed E-state index contributed by atoms with van der Waals surface area (Å²) in [6.07, 6.45) is 1.65. The Morgan fingerprint density at radius 2 is 2.47 bits per heavy atom. The zero-order valence-corrected chi connectivity index (χ0v) is 9.98. The second-order valence-electron chi connectivity index (χ2n) is 2.61. The second-order valence-corrected chi connectivity index (χ2v) is 4.08. The molecule has 5 heteroatoms. The summed E-state index contributed by atoms with van der Waals surface area (Å²) in [5.41, 5.74) is 0.509. The van der Waals surface area contributed by atoms with Gasteiger partial charge in [0.2, 0.25) is 0 Å². The molecule has 3 nitrogen and oxygen atoms in total. The summed E-state index contributed by atoms with van der Waals surface area (Å²) in [6, 6.07) is 3.43. The van der Waals surface area contributed by atoms with Gasteiger partial charge in [0.05, 0.1) is 12.2 Å². The van der Waals surface area contributed by atoms with Crippen LogP contribution >= 0.6 is 23.4 Å². The maximum Gasteiger partial charge on any atom is 0.340 e. The van der Waals surface area contributed by atoms with Crippen LogP contribution in [0.15, 0.2) is 23.4 Å². The van der Waals surface area contributed by atoms with E-state index < -0.39 is 0 Å². The average molecular weight is 246 g/mol. The standard InChI is InChI=1S/C10H12ClNO2S/c1-2-14-10(13)8-4-3-6-12-9(8)15-7-5-11/h3-4,6H,2,5,7H2,1H3. The lowest BCUT2D eigenvalue weighted by atomic mass is 10.3. The van der Waals surface area contributed by atoms with Crippen molar-refractivity contribution in [1.82, 2.24) is 4.98 Å². The van der Waals surface area contributed by atoms with Crippen molar-refractivity contribution in [2.24, 2.45) is 0 Å². The Bertz CT molecular complexity index is 333. The Morgan fingerprint density at radius 1 is 1.67 bits per heavy atom. The Balaban J connectivity index is 2.80. The predicted octanol–water partition coefficient (Wildman–Crippen LogP) is 2.59. The predicted molar refractivity (Wildman–Crippen MR) is 61.6 cm³/mol. The van der Waals surface area contributed by atoms with Crippen molar-refractivity contribution in [3.63, 3.8) is 0 Å². The topological polar surface area (TPSA) is 39.2 Å². The smallest absolute Gasteiger partial charge is 0.340 e. The molecule has 0 fully saturated rings. The van der Waals surface area contributed by atoms with E-state index in [9.17, 15) is 4.79 Å². The molecule has 0 N–H and O–H groups in total. The third-order valence-electron chi connectivity index (χ3n) is 1.58. The minimum absolute atomic E-state index is 0.331. The minimum atomic E-state index is -0.331. The van der Waals surface area contributed by atoms with Crippen molar-refractivity contribution in [3.8, 4) is 0 Å². The van der Waals surface area contributed by atoms with E-state index in [2.05, 4.69) is 4.98 Å². The molecule has 0 unspecified atom stereocenters. The van der Waals surface area contributed by atoms with Gasteiger partial charge in [-0.3, -0.25) is 0 Å². The number of nitrogens with zero attached hydrogens (tertiary/aromatic N) is 1. The molecule has 0 aliphatic heterocycles. The van der Waals surface area contributed by atoms with Gasteiger partial charge in [0.1, 0.15) is 5.03 Å². The van der Waals surface area contributed by atoms with Gasteiger partial charge >= 0.3 is 5.97 Å². The first-order valence-corrected chi connectivity index (χ1v) is 6.12. The molecule has 0 saturated heterocycles. The highest BCUT2D eigenvalue weighted by molar-refractivity contribution is 7.99. The molecule has 0 atom stereocenters. The van der Waals surface area contributed by atoms with Crippen LogP contribution in [-0.4, -0.2) is 29.2 Å². The largest absolute Gasteiger partial charge is 0.462 e. The zero-order chi connectivity index (χ0) is 11.1. The van der Waals surface area contributed by atoms with Crippen molar-refractivity contribution in [2.75, 3.05) is 18.2 Å². The van der Waals surface area contributed by atoms with E-state index >= 15 is 0 Å². The first kappa shape index (κ1) is 12.3. The first-order valence-electron chi connectivity index (χ1n) is 4.60. The number of halogens is 1. The molecule has 0 aliphatic rings. The Kier molecular flexibility index (Phi) is 5.50. The molecule has 0 aliphatic carbocycles. The van der Waals surface area contributed by atoms with Crippen LogP contribution in [0.5, 0.6) is 0 Å². The third-order valence-corrected chi connectivity index (χ3v) is 3.00. The van der Waals surface area contributed by atoms with Crippen molar-refractivity contribution in [2.45, 2.75) is 11.9 Å². The number of hydrogen-bond donors (Lipinski definition) is 0. The average Bonchev–Trinajstić information content (AvgIpc) is 2.27. The molecular weight excluding hydrogens is 234 g/mol. The van der Waals surface area contributed by atoms with Crippen LogP contribution in [0.1, 0.15) is 17.3 Å². The van der Waals surface area contributed by atoms with E-state index in [-0.39, 0.29) is 5.97 Å². The normalized spacial score (nSPS) is 10.0. The summed E-state index contributed by atoms with van der Waals surface area (Å²) in [6.45, 7) is 2.15. The first-order chi connectivity index (χ1) is 7.29. The maximum absolute atomic E-state index is 11.5. The monoisotopic (exact) mass is 245 g/mol. The molecule has 0 radical (unpaired) electrons. The summed E-state index contributed by atoms with van der Waals surface area (Å²) in [5, 5.41) is 0.677. The second kappa shape index (κ2) is 6.69. The van der Waals surface area contributed by atoms with Gasteiger partial charge in [0.25, 0.3) is 0 Å². The maximum atomic E-state index is 11.5. The molecule has 0 amide bonds. The number of carbonyl (C=O) groups is 1. The quantitative estimate of drug-likeness (QED) is 0.454. The fourth-order valence-electron chi connectivity index (χ4n) is 1.01. The number of ether oxygens (including phenoxy) is 1. The Hall–Kier alpha value is -0.740. The van der Waals surface area contributed by atoms with Crippen LogP contribution in [0.25, 0.3) is 0 Å². The van der Waals surface area contributed by atoms with Crippen LogP contribution < -0.4 is 0 Å². The Morgan fingerprint density at radius 3 is 3.13 bits per heavy atom. The highest BCUT2D eigenvalue weighted by Crippen LogP contribution is 2.20. The molecule has 15 heavy (non-hydrogen) atoms. The summed E-state index contributed by atoms with van der Waals surface area (Å²) >= 11 is 7.04. The fraction of sp³-hybridized carbons (Fsp3) is 0.400. The number of rotatable bonds is 5. The SMILES string of the molecule is CCOC(=O)c1cccnc1SCCCl. The minimum Gasteiger partial charge on any atom is -0.462 e.